The van der Waals surface area contributed by atoms with Crippen LogP contribution in [0.1, 0.15) is 48.9 Å². The SMILES string of the molecule is CN1CCc2[nH]c3ccc(C(Cl)=C4CCCCC4)cc3c2C1. The maximum absolute atomic E-state index is 6.72. The molecule has 1 aromatic heterocycles. The molecule has 3 heteroatoms. The van der Waals surface area contributed by atoms with E-state index in [1.807, 2.05) is 0 Å². The molecule has 0 amide bonds. The van der Waals surface area contributed by atoms with Crippen molar-refractivity contribution in [1.82, 2.24) is 9.88 Å². The number of benzene rings is 1. The van der Waals surface area contributed by atoms with Gasteiger partial charge in [-0.05, 0) is 56.0 Å². The summed E-state index contributed by atoms with van der Waals surface area (Å²) in [6.45, 7) is 2.17. The number of aromatic nitrogens is 1. The molecule has 0 radical (unpaired) electrons. The van der Waals surface area contributed by atoms with Crippen molar-refractivity contribution >= 4 is 27.5 Å². The summed E-state index contributed by atoms with van der Waals surface area (Å²) in [6, 6.07) is 6.68. The highest BCUT2D eigenvalue weighted by atomic mass is 35.5. The van der Waals surface area contributed by atoms with Crippen LogP contribution in [0.3, 0.4) is 0 Å². The number of hydrogen-bond acceptors (Lipinski definition) is 1. The molecule has 2 nitrogen and oxygen atoms in total. The summed E-state index contributed by atoms with van der Waals surface area (Å²) in [5.41, 5.74) is 6.77. The van der Waals surface area contributed by atoms with Crippen LogP contribution in [0.15, 0.2) is 23.8 Å². The number of aromatic amines is 1. The van der Waals surface area contributed by atoms with Crippen molar-refractivity contribution < 1.29 is 0 Å². The van der Waals surface area contributed by atoms with Crippen LogP contribution in [0.5, 0.6) is 0 Å². The summed E-state index contributed by atoms with van der Waals surface area (Å²) < 4.78 is 0. The maximum atomic E-state index is 6.72. The monoisotopic (exact) mass is 314 g/mol. The van der Waals surface area contributed by atoms with E-state index in [1.165, 1.54) is 65.4 Å². The van der Waals surface area contributed by atoms with E-state index < -0.39 is 0 Å². The van der Waals surface area contributed by atoms with Gasteiger partial charge < -0.3 is 9.88 Å². The lowest BCUT2D eigenvalue weighted by Crippen LogP contribution is -2.26. The second-order valence-corrected chi connectivity index (χ2v) is 7.19. The van der Waals surface area contributed by atoms with Crippen molar-refractivity contribution in [1.29, 1.82) is 0 Å². The predicted octanol–water partition coefficient (Wildman–Crippen LogP) is 5.07. The molecule has 0 spiro atoms. The molecule has 1 aliphatic carbocycles. The molecule has 1 N–H and O–H groups in total. The number of allylic oxidation sites excluding steroid dienone is 1. The molecule has 0 unspecified atom stereocenters. The summed E-state index contributed by atoms with van der Waals surface area (Å²) in [6.07, 6.45) is 7.39. The Morgan fingerprint density at radius 2 is 1.95 bits per heavy atom. The lowest BCUT2D eigenvalue weighted by Gasteiger charge is -2.22. The maximum Gasteiger partial charge on any atom is 0.0470 e. The third-order valence-electron chi connectivity index (χ3n) is 5.19. The average Bonchev–Trinajstić information content (AvgIpc) is 2.92. The Bertz CT molecular complexity index is 733. The van der Waals surface area contributed by atoms with Crippen molar-refractivity contribution in [3.8, 4) is 0 Å². The van der Waals surface area contributed by atoms with Gasteiger partial charge in [0, 0.05) is 41.1 Å². The van der Waals surface area contributed by atoms with Crippen LogP contribution < -0.4 is 0 Å². The molecule has 2 aromatic rings. The third-order valence-corrected chi connectivity index (χ3v) is 5.67. The average molecular weight is 315 g/mol. The summed E-state index contributed by atoms with van der Waals surface area (Å²) in [5.74, 6) is 0. The van der Waals surface area contributed by atoms with Gasteiger partial charge in [-0.15, -0.1) is 0 Å². The Balaban J connectivity index is 1.78. The molecule has 1 aromatic carbocycles. The number of halogens is 1. The van der Waals surface area contributed by atoms with Crippen molar-refractivity contribution in [2.45, 2.75) is 45.1 Å². The minimum absolute atomic E-state index is 1.00. The van der Waals surface area contributed by atoms with E-state index in [0.29, 0.717) is 0 Å². The van der Waals surface area contributed by atoms with E-state index in [1.54, 1.807) is 0 Å². The Morgan fingerprint density at radius 3 is 2.77 bits per heavy atom. The second-order valence-electron chi connectivity index (χ2n) is 6.81. The first-order valence-corrected chi connectivity index (χ1v) is 8.80. The smallest absolute Gasteiger partial charge is 0.0470 e. The normalized spacial score (nSPS) is 19.5. The van der Waals surface area contributed by atoms with Crippen LogP contribution in [-0.2, 0) is 13.0 Å². The molecule has 2 heterocycles. The standard InChI is InChI=1S/C19H23ClN2/c1-22-10-9-18-16(12-22)15-11-14(7-8-17(15)21-18)19(20)13-5-3-2-4-6-13/h7-8,11,21H,2-6,9-10,12H2,1H3. The van der Waals surface area contributed by atoms with Crippen molar-refractivity contribution in [3.63, 3.8) is 0 Å². The van der Waals surface area contributed by atoms with E-state index in [-0.39, 0.29) is 0 Å². The Morgan fingerprint density at radius 1 is 1.14 bits per heavy atom. The fourth-order valence-corrected chi connectivity index (χ4v) is 4.19. The zero-order valence-electron chi connectivity index (χ0n) is 13.2. The Hall–Kier alpha value is -1.25. The molecular formula is C19H23ClN2. The number of likely N-dealkylation sites (N-methyl/N-ethyl adjacent to an activating group) is 1. The van der Waals surface area contributed by atoms with Crippen molar-refractivity contribution in [2.24, 2.45) is 0 Å². The summed E-state index contributed by atoms with van der Waals surface area (Å²) >= 11 is 6.72. The van der Waals surface area contributed by atoms with E-state index in [9.17, 15) is 0 Å². The van der Waals surface area contributed by atoms with E-state index in [2.05, 4.69) is 35.1 Å². The number of nitrogens with one attached hydrogen (secondary N) is 1. The molecule has 22 heavy (non-hydrogen) atoms. The second kappa shape index (κ2) is 5.75. The molecule has 4 rings (SSSR count). The first-order chi connectivity index (χ1) is 10.7. The molecule has 0 saturated heterocycles. The van der Waals surface area contributed by atoms with Gasteiger partial charge in [0.2, 0.25) is 0 Å². The molecule has 1 saturated carbocycles. The number of rotatable bonds is 1. The molecule has 1 aliphatic heterocycles. The van der Waals surface area contributed by atoms with E-state index in [0.717, 1.165) is 24.5 Å². The molecule has 0 atom stereocenters. The zero-order valence-corrected chi connectivity index (χ0v) is 14.0. The fourth-order valence-electron chi connectivity index (χ4n) is 3.89. The van der Waals surface area contributed by atoms with Gasteiger partial charge in [0.1, 0.15) is 0 Å². The van der Waals surface area contributed by atoms with Crippen molar-refractivity contribution in [2.75, 3.05) is 13.6 Å². The lowest BCUT2D eigenvalue weighted by molar-refractivity contribution is 0.313. The summed E-state index contributed by atoms with van der Waals surface area (Å²) in [7, 11) is 2.20. The fraction of sp³-hybridized carbons (Fsp3) is 0.474. The van der Waals surface area contributed by atoms with Gasteiger partial charge in [-0.25, -0.2) is 0 Å². The Kier molecular flexibility index (Phi) is 3.75. The van der Waals surface area contributed by atoms with Crippen LogP contribution in [0.4, 0.5) is 0 Å². The molecule has 116 valence electrons. The van der Waals surface area contributed by atoms with Crippen LogP contribution in [0.2, 0.25) is 0 Å². The number of H-pyrrole nitrogens is 1. The summed E-state index contributed by atoms with van der Waals surface area (Å²) in [5, 5.41) is 2.36. The van der Waals surface area contributed by atoms with Gasteiger partial charge in [-0.1, -0.05) is 29.7 Å². The minimum Gasteiger partial charge on any atom is -0.358 e. The summed E-state index contributed by atoms with van der Waals surface area (Å²) in [4.78, 5) is 5.99. The molecule has 1 fully saturated rings. The highest BCUT2D eigenvalue weighted by Crippen LogP contribution is 2.35. The first kappa shape index (κ1) is 14.3. The third kappa shape index (κ3) is 2.49. The molecular weight excluding hydrogens is 292 g/mol. The van der Waals surface area contributed by atoms with Gasteiger partial charge in [0.15, 0.2) is 0 Å². The predicted molar refractivity (Wildman–Crippen MR) is 94.2 cm³/mol. The number of fused-ring (bicyclic) bond motifs is 3. The number of nitrogens with zero attached hydrogens (tertiary/aromatic N) is 1. The topological polar surface area (TPSA) is 19.0 Å². The molecule has 0 bridgehead atoms. The zero-order chi connectivity index (χ0) is 15.1. The Labute approximate surface area is 137 Å². The van der Waals surface area contributed by atoms with Gasteiger partial charge >= 0.3 is 0 Å². The number of hydrogen-bond donors (Lipinski definition) is 1. The lowest BCUT2D eigenvalue weighted by atomic mass is 9.93. The first-order valence-electron chi connectivity index (χ1n) is 8.42. The minimum atomic E-state index is 1.00. The van der Waals surface area contributed by atoms with Gasteiger partial charge in [-0.2, -0.15) is 0 Å². The highest BCUT2D eigenvalue weighted by molar-refractivity contribution is 6.49. The highest BCUT2D eigenvalue weighted by Gasteiger charge is 2.19. The van der Waals surface area contributed by atoms with Crippen LogP contribution >= 0.6 is 11.6 Å². The quantitative estimate of drug-likeness (QED) is 0.778. The van der Waals surface area contributed by atoms with Crippen LogP contribution in [-0.4, -0.2) is 23.5 Å². The van der Waals surface area contributed by atoms with Gasteiger partial charge in [-0.3, -0.25) is 0 Å². The van der Waals surface area contributed by atoms with Crippen LogP contribution in [0.25, 0.3) is 15.9 Å². The van der Waals surface area contributed by atoms with E-state index >= 15 is 0 Å². The van der Waals surface area contributed by atoms with E-state index in [4.69, 9.17) is 11.6 Å². The van der Waals surface area contributed by atoms with Crippen LogP contribution in [0, 0.1) is 0 Å². The largest absolute Gasteiger partial charge is 0.358 e. The molecule has 2 aliphatic rings. The van der Waals surface area contributed by atoms with Gasteiger partial charge in [0.05, 0.1) is 0 Å². The van der Waals surface area contributed by atoms with Crippen molar-refractivity contribution in [3.05, 3.63) is 40.6 Å². The van der Waals surface area contributed by atoms with Gasteiger partial charge in [0.25, 0.3) is 0 Å².